The molecule has 0 spiro atoms. The lowest BCUT2D eigenvalue weighted by Crippen LogP contribution is -1.91. The van der Waals surface area contributed by atoms with E-state index in [1.54, 1.807) is 0 Å². The Kier molecular flexibility index (Phi) is 1.94. The van der Waals surface area contributed by atoms with Crippen molar-refractivity contribution >= 4 is 6.29 Å². The Morgan fingerprint density at radius 2 is 2.25 bits per heavy atom. The molecule has 0 aromatic carbocycles. The Balaban J connectivity index is 2.16. The molecular weight excluding hydrogens is 152 g/mol. The summed E-state index contributed by atoms with van der Waals surface area (Å²) in [5.74, 6) is 0.617. The molecule has 0 bridgehead atoms. The number of nitrogens with zero attached hydrogens (tertiary/aromatic N) is 1. The van der Waals surface area contributed by atoms with E-state index < -0.39 is 0 Å². The van der Waals surface area contributed by atoms with Gasteiger partial charge in [0.1, 0.15) is 5.69 Å². The average Bonchev–Trinajstić information content (AvgIpc) is 2.75. The van der Waals surface area contributed by atoms with Gasteiger partial charge in [-0.15, -0.1) is 0 Å². The van der Waals surface area contributed by atoms with E-state index in [1.165, 1.54) is 25.7 Å². The highest BCUT2D eigenvalue weighted by molar-refractivity contribution is 5.71. The van der Waals surface area contributed by atoms with Crippen molar-refractivity contribution in [1.82, 2.24) is 10.2 Å². The predicted octanol–water partition coefficient (Wildman–Crippen LogP) is 1.88. The van der Waals surface area contributed by atoms with E-state index in [9.17, 15) is 4.79 Å². The Morgan fingerprint density at radius 1 is 1.50 bits per heavy atom. The van der Waals surface area contributed by atoms with Gasteiger partial charge in [-0.05, 0) is 18.9 Å². The molecule has 0 unspecified atom stereocenters. The SMILES string of the molecule is O=Cc1cc(C2CCCC2)[nH]n1. The number of aldehydes is 1. The standard InChI is InChI=1S/C9H12N2O/c12-6-8-5-9(11-10-8)7-3-1-2-4-7/h5-7H,1-4H2,(H,10,11). The van der Waals surface area contributed by atoms with Crippen LogP contribution < -0.4 is 0 Å². The topological polar surface area (TPSA) is 45.8 Å². The molecule has 1 saturated carbocycles. The first-order valence-corrected chi connectivity index (χ1v) is 4.40. The molecule has 3 nitrogen and oxygen atoms in total. The van der Waals surface area contributed by atoms with Gasteiger partial charge in [0.2, 0.25) is 0 Å². The van der Waals surface area contributed by atoms with Crippen LogP contribution in [-0.2, 0) is 0 Å². The largest absolute Gasteiger partial charge is 0.296 e. The molecule has 0 saturated heterocycles. The summed E-state index contributed by atoms with van der Waals surface area (Å²) in [4.78, 5) is 10.4. The number of hydrogen-bond acceptors (Lipinski definition) is 2. The maximum atomic E-state index is 10.4. The molecule has 1 heterocycles. The Labute approximate surface area is 71.2 Å². The smallest absolute Gasteiger partial charge is 0.170 e. The van der Waals surface area contributed by atoms with Crippen LogP contribution in [0.4, 0.5) is 0 Å². The van der Waals surface area contributed by atoms with Gasteiger partial charge >= 0.3 is 0 Å². The minimum atomic E-state index is 0.525. The van der Waals surface area contributed by atoms with Gasteiger partial charge in [-0.2, -0.15) is 5.10 Å². The van der Waals surface area contributed by atoms with Gasteiger partial charge in [0, 0.05) is 11.6 Å². The van der Waals surface area contributed by atoms with Crippen molar-refractivity contribution in [2.24, 2.45) is 0 Å². The van der Waals surface area contributed by atoms with E-state index in [0.29, 0.717) is 11.6 Å². The first kappa shape index (κ1) is 7.53. The highest BCUT2D eigenvalue weighted by atomic mass is 16.1. The van der Waals surface area contributed by atoms with Crippen molar-refractivity contribution in [1.29, 1.82) is 0 Å². The van der Waals surface area contributed by atoms with Crippen molar-refractivity contribution in [2.75, 3.05) is 0 Å². The zero-order valence-corrected chi connectivity index (χ0v) is 6.92. The second-order valence-electron chi connectivity index (χ2n) is 3.35. The third-order valence-electron chi connectivity index (χ3n) is 2.53. The molecule has 2 rings (SSSR count). The van der Waals surface area contributed by atoms with Gasteiger partial charge < -0.3 is 0 Å². The van der Waals surface area contributed by atoms with Crippen LogP contribution in [0.5, 0.6) is 0 Å². The van der Waals surface area contributed by atoms with Gasteiger partial charge in [-0.25, -0.2) is 0 Å². The van der Waals surface area contributed by atoms with Crippen LogP contribution in [0.25, 0.3) is 0 Å². The fourth-order valence-electron chi connectivity index (χ4n) is 1.86. The third-order valence-corrected chi connectivity index (χ3v) is 2.53. The summed E-state index contributed by atoms with van der Waals surface area (Å²) >= 11 is 0. The molecule has 0 amide bonds. The third kappa shape index (κ3) is 1.26. The molecule has 1 aromatic heterocycles. The van der Waals surface area contributed by atoms with Crippen LogP contribution in [0.15, 0.2) is 6.07 Å². The molecule has 1 aliphatic rings. The monoisotopic (exact) mass is 164 g/mol. The maximum absolute atomic E-state index is 10.4. The number of nitrogens with one attached hydrogen (secondary N) is 1. The summed E-state index contributed by atoms with van der Waals surface area (Å²) in [5.41, 5.74) is 1.66. The highest BCUT2D eigenvalue weighted by Crippen LogP contribution is 2.32. The van der Waals surface area contributed by atoms with Gasteiger partial charge in [-0.3, -0.25) is 9.89 Å². The average molecular weight is 164 g/mol. The fraction of sp³-hybridized carbons (Fsp3) is 0.556. The Morgan fingerprint density at radius 3 is 2.83 bits per heavy atom. The molecule has 64 valence electrons. The van der Waals surface area contributed by atoms with Crippen LogP contribution >= 0.6 is 0 Å². The number of carbonyl (C=O) groups is 1. The van der Waals surface area contributed by atoms with E-state index >= 15 is 0 Å². The lowest BCUT2D eigenvalue weighted by atomic mass is 10.0. The van der Waals surface area contributed by atoms with Crippen molar-refractivity contribution in [3.05, 3.63) is 17.5 Å². The van der Waals surface area contributed by atoms with Gasteiger partial charge in [0.15, 0.2) is 6.29 Å². The number of hydrogen-bond donors (Lipinski definition) is 1. The number of carbonyl (C=O) groups excluding carboxylic acids is 1. The fourth-order valence-corrected chi connectivity index (χ4v) is 1.86. The lowest BCUT2D eigenvalue weighted by molar-refractivity contribution is 0.111. The summed E-state index contributed by atoms with van der Waals surface area (Å²) in [5, 5.41) is 6.80. The second-order valence-corrected chi connectivity index (χ2v) is 3.35. The Bertz CT molecular complexity index is 274. The molecule has 0 aliphatic heterocycles. The van der Waals surface area contributed by atoms with E-state index in [0.717, 1.165) is 12.0 Å². The molecule has 1 aliphatic carbocycles. The van der Waals surface area contributed by atoms with Gasteiger partial charge in [-0.1, -0.05) is 12.8 Å². The number of aromatic amines is 1. The zero-order chi connectivity index (χ0) is 8.39. The molecular formula is C9H12N2O. The summed E-state index contributed by atoms with van der Waals surface area (Å²) < 4.78 is 0. The van der Waals surface area contributed by atoms with Gasteiger partial charge in [0.05, 0.1) is 0 Å². The predicted molar refractivity (Wildman–Crippen MR) is 45.2 cm³/mol. The molecule has 12 heavy (non-hydrogen) atoms. The summed E-state index contributed by atoms with van der Waals surface area (Å²) in [6, 6.07) is 1.86. The van der Waals surface area contributed by atoms with Crippen molar-refractivity contribution in [3.8, 4) is 0 Å². The number of rotatable bonds is 2. The molecule has 0 radical (unpaired) electrons. The molecule has 1 N–H and O–H groups in total. The van der Waals surface area contributed by atoms with Crippen LogP contribution in [0.3, 0.4) is 0 Å². The van der Waals surface area contributed by atoms with Gasteiger partial charge in [0.25, 0.3) is 0 Å². The number of H-pyrrole nitrogens is 1. The summed E-state index contributed by atoms with van der Waals surface area (Å²) in [6.07, 6.45) is 5.87. The summed E-state index contributed by atoms with van der Waals surface area (Å²) in [7, 11) is 0. The first-order chi connectivity index (χ1) is 5.90. The van der Waals surface area contributed by atoms with Crippen molar-refractivity contribution < 1.29 is 4.79 Å². The second kappa shape index (κ2) is 3.09. The van der Waals surface area contributed by atoms with Crippen LogP contribution in [-0.4, -0.2) is 16.5 Å². The lowest BCUT2D eigenvalue weighted by Gasteiger charge is -2.02. The molecule has 1 aromatic rings. The van der Waals surface area contributed by atoms with E-state index in [-0.39, 0.29) is 0 Å². The van der Waals surface area contributed by atoms with E-state index in [2.05, 4.69) is 10.2 Å². The minimum absolute atomic E-state index is 0.525. The zero-order valence-electron chi connectivity index (χ0n) is 6.92. The minimum Gasteiger partial charge on any atom is -0.296 e. The molecule has 3 heteroatoms. The quantitative estimate of drug-likeness (QED) is 0.678. The Hall–Kier alpha value is -1.12. The highest BCUT2D eigenvalue weighted by Gasteiger charge is 2.18. The van der Waals surface area contributed by atoms with Crippen LogP contribution in [0.1, 0.15) is 47.8 Å². The number of aromatic nitrogens is 2. The van der Waals surface area contributed by atoms with Crippen molar-refractivity contribution in [3.63, 3.8) is 0 Å². The van der Waals surface area contributed by atoms with Crippen molar-refractivity contribution in [2.45, 2.75) is 31.6 Å². The van der Waals surface area contributed by atoms with Crippen LogP contribution in [0.2, 0.25) is 0 Å². The molecule has 0 atom stereocenters. The first-order valence-electron chi connectivity index (χ1n) is 4.40. The summed E-state index contributed by atoms with van der Waals surface area (Å²) in [6.45, 7) is 0. The van der Waals surface area contributed by atoms with E-state index in [1.807, 2.05) is 6.07 Å². The van der Waals surface area contributed by atoms with Crippen LogP contribution in [0, 0.1) is 0 Å². The maximum Gasteiger partial charge on any atom is 0.170 e. The molecule has 1 fully saturated rings. The normalized spacial score (nSPS) is 18.3. The van der Waals surface area contributed by atoms with E-state index in [4.69, 9.17) is 0 Å².